The van der Waals surface area contributed by atoms with Crippen LogP contribution in [0.4, 0.5) is 14.5 Å². The molecule has 2 aromatic rings. The Morgan fingerprint density at radius 3 is 2.48 bits per heavy atom. The standard InChI is InChI=1S/C19H18F2N2OS/c20-16-9-13(11-22)1-3-18(16)23-7-5-15(6-8-23)25-19-4-2-14(12-24)10-17(19)21/h1-4,9-10,15,24H,5-8,12H2. The number of hydrogen-bond acceptors (Lipinski definition) is 4. The van der Waals surface area contributed by atoms with E-state index in [4.69, 9.17) is 10.4 Å². The van der Waals surface area contributed by atoms with Gasteiger partial charge in [-0.05, 0) is 48.7 Å². The second kappa shape index (κ2) is 7.85. The summed E-state index contributed by atoms with van der Waals surface area (Å²) in [4.78, 5) is 2.55. The summed E-state index contributed by atoms with van der Waals surface area (Å²) in [7, 11) is 0. The van der Waals surface area contributed by atoms with Crippen LogP contribution in [0.25, 0.3) is 0 Å². The SMILES string of the molecule is N#Cc1ccc(N2CCC(Sc3ccc(CO)cc3F)CC2)c(F)c1. The summed E-state index contributed by atoms with van der Waals surface area (Å²) in [5.41, 5.74) is 1.39. The van der Waals surface area contributed by atoms with E-state index in [2.05, 4.69) is 0 Å². The van der Waals surface area contributed by atoms with Crippen LogP contribution >= 0.6 is 11.8 Å². The van der Waals surface area contributed by atoms with Crippen molar-refractivity contribution in [1.82, 2.24) is 0 Å². The average Bonchev–Trinajstić information content (AvgIpc) is 2.64. The molecule has 1 aliphatic rings. The molecule has 0 atom stereocenters. The molecular formula is C19H18F2N2OS. The highest BCUT2D eigenvalue weighted by molar-refractivity contribution is 8.00. The van der Waals surface area contributed by atoms with E-state index in [1.807, 2.05) is 11.0 Å². The topological polar surface area (TPSA) is 47.3 Å². The second-order valence-electron chi connectivity index (χ2n) is 6.01. The number of thioether (sulfide) groups is 1. The van der Waals surface area contributed by atoms with Gasteiger partial charge in [0.15, 0.2) is 0 Å². The molecule has 1 saturated heterocycles. The Bertz CT molecular complexity index is 798. The number of piperidine rings is 1. The first-order valence-corrected chi connectivity index (χ1v) is 8.99. The number of aliphatic hydroxyl groups excluding tert-OH is 1. The van der Waals surface area contributed by atoms with Gasteiger partial charge in [0.25, 0.3) is 0 Å². The zero-order valence-electron chi connectivity index (χ0n) is 13.6. The molecule has 130 valence electrons. The molecule has 1 aliphatic heterocycles. The average molecular weight is 360 g/mol. The first kappa shape index (κ1) is 17.7. The van der Waals surface area contributed by atoms with E-state index >= 15 is 0 Å². The van der Waals surface area contributed by atoms with Gasteiger partial charge in [-0.2, -0.15) is 5.26 Å². The second-order valence-corrected chi connectivity index (χ2v) is 7.35. The first-order chi connectivity index (χ1) is 12.1. The molecule has 0 amide bonds. The van der Waals surface area contributed by atoms with Gasteiger partial charge in [0.2, 0.25) is 0 Å². The minimum absolute atomic E-state index is 0.170. The highest BCUT2D eigenvalue weighted by Gasteiger charge is 2.23. The van der Waals surface area contributed by atoms with Gasteiger partial charge in [-0.25, -0.2) is 8.78 Å². The van der Waals surface area contributed by atoms with E-state index in [9.17, 15) is 8.78 Å². The van der Waals surface area contributed by atoms with E-state index in [1.165, 1.54) is 23.9 Å². The minimum atomic E-state index is -0.379. The number of benzene rings is 2. The minimum Gasteiger partial charge on any atom is -0.392 e. The van der Waals surface area contributed by atoms with E-state index in [1.54, 1.807) is 24.3 Å². The molecule has 0 spiro atoms. The summed E-state index contributed by atoms with van der Waals surface area (Å²) >= 11 is 1.50. The van der Waals surface area contributed by atoms with Gasteiger partial charge in [-0.15, -0.1) is 11.8 Å². The van der Waals surface area contributed by atoms with Crippen molar-refractivity contribution < 1.29 is 13.9 Å². The van der Waals surface area contributed by atoms with Crippen LogP contribution in [0.5, 0.6) is 0 Å². The third kappa shape index (κ3) is 4.12. The zero-order valence-corrected chi connectivity index (χ0v) is 14.4. The predicted molar refractivity (Wildman–Crippen MR) is 94.5 cm³/mol. The molecule has 0 aromatic heterocycles. The van der Waals surface area contributed by atoms with Crippen LogP contribution in [-0.2, 0) is 6.61 Å². The molecule has 3 nitrogen and oxygen atoms in total. The zero-order chi connectivity index (χ0) is 17.8. The Morgan fingerprint density at radius 2 is 1.88 bits per heavy atom. The Kier molecular flexibility index (Phi) is 5.57. The monoisotopic (exact) mass is 360 g/mol. The number of hydrogen-bond donors (Lipinski definition) is 1. The summed E-state index contributed by atoms with van der Waals surface area (Å²) in [6, 6.07) is 11.3. The van der Waals surface area contributed by atoms with Crippen molar-refractivity contribution in [2.24, 2.45) is 0 Å². The number of rotatable bonds is 4. The molecule has 0 bridgehead atoms. The van der Waals surface area contributed by atoms with Crippen molar-refractivity contribution in [2.45, 2.75) is 29.6 Å². The van der Waals surface area contributed by atoms with Gasteiger partial charge in [0.05, 0.1) is 23.9 Å². The van der Waals surface area contributed by atoms with E-state index in [0.29, 0.717) is 34.8 Å². The molecule has 2 aromatic carbocycles. The lowest BCUT2D eigenvalue weighted by molar-refractivity contribution is 0.281. The largest absolute Gasteiger partial charge is 0.392 e. The molecular weight excluding hydrogens is 342 g/mol. The van der Waals surface area contributed by atoms with Gasteiger partial charge in [-0.3, -0.25) is 0 Å². The summed E-state index contributed by atoms with van der Waals surface area (Å²) in [5, 5.41) is 18.1. The van der Waals surface area contributed by atoms with Crippen LogP contribution in [0.15, 0.2) is 41.3 Å². The lowest BCUT2D eigenvalue weighted by Crippen LogP contribution is -2.35. The fraction of sp³-hybridized carbons (Fsp3) is 0.316. The van der Waals surface area contributed by atoms with Crippen LogP contribution < -0.4 is 4.90 Å². The van der Waals surface area contributed by atoms with Gasteiger partial charge in [-0.1, -0.05) is 6.07 Å². The van der Waals surface area contributed by atoms with Crippen molar-refractivity contribution >= 4 is 17.4 Å². The Morgan fingerprint density at radius 1 is 1.12 bits per heavy atom. The lowest BCUT2D eigenvalue weighted by atomic mass is 10.1. The van der Waals surface area contributed by atoms with Crippen molar-refractivity contribution in [3.63, 3.8) is 0 Å². The van der Waals surface area contributed by atoms with E-state index in [0.717, 1.165) is 12.8 Å². The van der Waals surface area contributed by atoms with Crippen molar-refractivity contribution in [3.05, 3.63) is 59.2 Å². The van der Waals surface area contributed by atoms with Crippen LogP contribution in [-0.4, -0.2) is 23.4 Å². The molecule has 3 rings (SSSR count). The molecule has 0 aliphatic carbocycles. The van der Waals surface area contributed by atoms with Gasteiger partial charge in [0.1, 0.15) is 11.6 Å². The first-order valence-electron chi connectivity index (χ1n) is 8.11. The fourth-order valence-electron chi connectivity index (χ4n) is 2.97. The normalized spacial score (nSPS) is 15.2. The Labute approximate surface area is 149 Å². The summed E-state index contributed by atoms with van der Waals surface area (Å²) in [6.45, 7) is 1.21. The number of halogens is 2. The molecule has 25 heavy (non-hydrogen) atoms. The van der Waals surface area contributed by atoms with Gasteiger partial charge in [0, 0.05) is 23.2 Å². The molecule has 1 heterocycles. The van der Waals surface area contributed by atoms with Crippen molar-refractivity contribution in [1.29, 1.82) is 5.26 Å². The summed E-state index contributed by atoms with van der Waals surface area (Å²) < 4.78 is 28.2. The maximum Gasteiger partial charge on any atom is 0.147 e. The van der Waals surface area contributed by atoms with E-state index < -0.39 is 0 Å². The molecule has 1 N–H and O–H groups in total. The predicted octanol–water partition coefficient (Wildman–Crippen LogP) is 4.09. The highest BCUT2D eigenvalue weighted by Crippen LogP contribution is 2.34. The maximum absolute atomic E-state index is 14.1. The van der Waals surface area contributed by atoms with Gasteiger partial charge < -0.3 is 10.0 Å². The van der Waals surface area contributed by atoms with Crippen molar-refractivity contribution in [3.8, 4) is 6.07 Å². The Hall–Kier alpha value is -2.10. The van der Waals surface area contributed by atoms with Crippen LogP contribution in [0.3, 0.4) is 0 Å². The summed E-state index contributed by atoms with van der Waals surface area (Å²) in [5.74, 6) is -0.687. The molecule has 1 fully saturated rings. The Balaban J connectivity index is 1.61. The number of nitriles is 1. The highest BCUT2D eigenvalue weighted by atomic mass is 32.2. The van der Waals surface area contributed by atoms with Crippen molar-refractivity contribution in [2.75, 3.05) is 18.0 Å². The van der Waals surface area contributed by atoms with Gasteiger partial charge >= 0.3 is 0 Å². The van der Waals surface area contributed by atoms with Crippen LogP contribution in [0.2, 0.25) is 0 Å². The smallest absolute Gasteiger partial charge is 0.147 e. The number of nitrogens with zero attached hydrogens (tertiary/aromatic N) is 2. The molecule has 0 unspecified atom stereocenters. The maximum atomic E-state index is 14.1. The van der Waals surface area contributed by atoms with Crippen LogP contribution in [0.1, 0.15) is 24.0 Å². The quantitative estimate of drug-likeness (QED) is 0.892. The number of anilines is 1. The fourth-order valence-corrected chi connectivity index (χ4v) is 4.09. The van der Waals surface area contributed by atoms with Crippen LogP contribution in [0, 0.1) is 23.0 Å². The molecule has 6 heteroatoms. The third-order valence-electron chi connectivity index (χ3n) is 4.33. The van der Waals surface area contributed by atoms with E-state index in [-0.39, 0.29) is 23.5 Å². The third-order valence-corrected chi connectivity index (χ3v) is 5.72. The molecule has 0 saturated carbocycles. The number of aliphatic hydroxyl groups is 1. The lowest BCUT2D eigenvalue weighted by Gasteiger charge is -2.33. The molecule has 0 radical (unpaired) electrons. The summed E-state index contributed by atoms with van der Waals surface area (Å²) in [6.07, 6.45) is 1.65.